The first-order valence-electron chi connectivity index (χ1n) is 16.7. The molecule has 4 heterocycles. The number of nitrogens with zero attached hydrogens (tertiary/aromatic N) is 4. The van der Waals surface area contributed by atoms with Crippen LogP contribution in [0.2, 0.25) is 5.02 Å². The fourth-order valence-corrected chi connectivity index (χ4v) is 9.45. The molecule has 10 heteroatoms. The van der Waals surface area contributed by atoms with Crippen LogP contribution in [0.15, 0.2) is 33.3 Å². The van der Waals surface area contributed by atoms with E-state index in [1.807, 2.05) is 22.1 Å². The minimum atomic E-state index is 0.164. The van der Waals surface area contributed by atoms with Crippen LogP contribution in [-0.2, 0) is 27.2 Å². The quantitative estimate of drug-likeness (QED) is 0.301. The van der Waals surface area contributed by atoms with Gasteiger partial charge in [-0.2, -0.15) is 0 Å². The molecule has 1 aromatic heterocycles. The molecule has 0 spiro atoms. The molecule has 0 radical (unpaired) electrons. The maximum absolute atomic E-state index is 13.4. The molecule has 0 bridgehead atoms. The van der Waals surface area contributed by atoms with Crippen LogP contribution in [0.5, 0.6) is 0 Å². The Morgan fingerprint density at radius 1 is 0.867 bits per heavy atom. The Kier molecular flexibility index (Phi) is 10.9. The Labute approximate surface area is 288 Å². The summed E-state index contributed by atoms with van der Waals surface area (Å²) < 4.78 is 2.05. The molecule has 1 atom stereocenters. The molecule has 3 fully saturated rings. The summed E-state index contributed by atoms with van der Waals surface area (Å²) in [4.78, 5) is 49.2. The lowest BCUT2D eigenvalue weighted by Crippen LogP contribution is -2.43. The van der Waals surface area contributed by atoms with Gasteiger partial charge in [0.25, 0.3) is 0 Å². The molecule has 0 unspecified atom stereocenters. The zero-order valence-corrected chi connectivity index (χ0v) is 29.8. The Morgan fingerprint density at radius 3 is 2.33 bits per heavy atom. The summed E-state index contributed by atoms with van der Waals surface area (Å²) in [7, 11) is 0. The number of fused-ring (bicyclic) bond motifs is 2. The van der Waals surface area contributed by atoms with E-state index in [0.29, 0.717) is 37.6 Å². The Hall–Kier alpha value is -1.97. The molecular formula is C35H43Br2ClN4O3. The lowest BCUT2D eigenvalue weighted by molar-refractivity contribution is -0.136. The number of carbonyl (C=O) groups is 3. The van der Waals surface area contributed by atoms with Gasteiger partial charge in [-0.3, -0.25) is 19.4 Å². The van der Waals surface area contributed by atoms with E-state index in [1.54, 1.807) is 0 Å². The minimum absolute atomic E-state index is 0.164. The van der Waals surface area contributed by atoms with E-state index in [4.69, 9.17) is 16.6 Å². The second-order valence-electron chi connectivity index (χ2n) is 13.3. The molecule has 1 aliphatic carbocycles. The fraction of sp³-hybridized carbons (Fsp3) is 0.600. The van der Waals surface area contributed by atoms with Crippen LogP contribution in [-0.4, -0.2) is 76.7 Å². The molecule has 2 aromatic rings. The second kappa shape index (κ2) is 14.8. The molecule has 0 N–H and O–H groups in total. The molecule has 45 heavy (non-hydrogen) atoms. The first kappa shape index (κ1) is 33.0. The van der Waals surface area contributed by atoms with Crippen molar-refractivity contribution in [3.63, 3.8) is 0 Å². The second-order valence-corrected chi connectivity index (χ2v) is 15.5. The van der Waals surface area contributed by atoms with Crippen LogP contribution < -0.4 is 0 Å². The number of benzene rings is 1. The average Bonchev–Trinajstić information content (AvgIpc) is 3.19. The summed E-state index contributed by atoms with van der Waals surface area (Å²) in [6, 6.07) is 6.34. The van der Waals surface area contributed by atoms with Gasteiger partial charge in [0.1, 0.15) is 0 Å². The standard InChI is InChI=1S/C35H43Br2ClN4O3/c36-27-19-26-7-6-25-20-28(38)21-29(37)33(25)34(35(26)39-22-27)24-10-16-42(17-11-24)32(45)18-23-8-14-41(15-9-23)31(44)5-3-13-40-12-2-1-4-30(40)43/h19-24,34H,1-18H2/t34-/m1/s1. The van der Waals surface area contributed by atoms with E-state index >= 15 is 0 Å². The Morgan fingerprint density at radius 2 is 1.58 bits per heavy atom. The lowest BCUT2D eigenvalue weighted by Gasteiger charge is -2.38. The van der Waals surface area contributed by atoms with E-state index < -0.39 is 0 Å². The number of carbonyl (C=O) groups excluding carboxylic acids is 3. The smallest absolute Gasteiger partial charge is 0.222 e. The molecule has 0 saturated carbocycles. The number of amides is 3. The molecule has 6 rings (SSSR count). The average molecular weight is 763 g/mol. The number of rotatable bonds is 7. The summed E-state index contributed by atoms with van der Waals surface area (Å²) in [6.45, 7) is 4.50. The van der Waals surface area contributed by atoms with Crippen LogP contribution in [0, 0.1) is 11.8 Å². The molecule has 4 aliphatic rings. The van der Waals surface area contributed by atoms with Crippen LogP contribution >= 0.6 is 43.5 Å². The number of halogens is 3. The first-order chi connectivity index (χ1) is 21.8. The predicted molar refractivity (Wildman–Crippen MR) is 183 cm³/mol. The molecular weight excluding hydrogens is 720 g/mol. The van der Waals surface area contributed by atoms with Crippen molar-refractivity contribution in [1.29, 1.82) is 0 Å². The van der Waals surface area contributed by atoms with Gasteiger partial charge in [-0.05, 0) is 120 Å². The van der Waals surface area contributed by atoms with Crippen LogP contribution in [0.4, 0.5) is 0 Å². The third-order valence-corrected chi connectivity index (χ3v) is 11.8. The molecule has 3 saturated heterocycles. The molecule has 7 nitrogen and oxygen atoms in total. The van der Waals surface area contributed by atoms with Crippen LogP contribution in [0.3, 0.4) is 0 Å². The van der Waals surface area contributed by atoms with Gasteiger partial charge in [0.2, 0.25) is 17.7 Å². The van der Waals surface area contributed by atoms with Gasteiger partial charge in [0.05, 0.1) is 5.69 Å². The van der Waals surface area contributed by atoms with Gasteiger partial charge in [0.15, 0.2) is 0 Å². The first-order valence-corrected chi connectivity index (χ1v) is 18.7. The fourth-order valence-electron chi connectivity index (χ4n) is 7.95. The number of pyridine rings is 1. The van der Waals surface area contributed by atoms with Crippen molar-refractivity contribution in [1.82, 2.24) is 19.7 Å². The number of hydrogen-bond acceptors (Lipinski definition) is 4. The maximum Gasteiger partial charge on any atom is 0.222 e. The molecule has 3 aliphatic heterocycles. The monoisotopic (exact) mass is 760 g/mol. The SMILES string of the molecule is O=C1CCCCN1CCCC(=O)N1CCC(CC(=O)N2CCC([C@H]3c4ncc(Br)cc4CCc4cc(Cl)cc(Br)c43)CC2)CC1. The van der Waals surface area contributed by atoms with E-state index in [-0.39, 0.29) is 23.6 Å². The van der Waals surface area contributed by atoms with Gasteiger partial charge in [-0.15, -0.1) is 0 Å². The largest absolute Gasteiger partial charge is 0.343 e. The van der Waals surface area contributed by atoms with Gasteiger partial charge in [0, 0.05) is 84.6 Å². The van der Waals surface area contributed by atoms with Crippen molar-refractivity contribution < 1.29 is 14.4 Å². The van der Waals surface area contributed by atoms with E-state index in [9.17, 15) is 14.4 Å². The highest BCUT2D eigenvalue weighted by molar-refractivity contribution is 9.10. The third-order valence-electron chi connectivity index (χ3n) is 10.5. The highest BCUT2D eigenvalue weighted by Gasteiger charge is 2.37. The summed E-state index contributed by atoms with van der Waals surface area (Å²) in [5.74, 6) is 1.54. The lowest BCUT2D eigenvalue weighted by atomic mass is 9.76. The normalized spacial score (nSPS) is 21.4. The van der Waals surface area contributed by atoms with Crippen molar-refractivity contribution in [3.05, 3.63) is 60.7 Å². The zero-order valence-electron chi connectivity index (χ0n) is 25.9. The van der Waals surface area contributed by atoms with Crippen molar-refractivity contribution in [2.75, 3.05) is 39.3 Å². The van der Waals surface area contributed by atoms with Gasteiger partial charge >= 0.3 is 0 Å². The summed E-state index contributed by atoms with van der Waals surface area (Å²) in [5, 5.41) is 0.751. The highest BCUT2D eigenvalue weighted by Crippen LogP contribution is 2.46. The Bertz CT molecular complexity index is 1420. The summed E-state index contributed by atoms with van der Waals surface area (Å²) in [5.41, 5.74) is 5.04. The van der Waals surface area contributed by atoms with Crippen LogP contribution in [0.1, 0.15) is 92.5 Å². The summed E-state index contributed by atoms with van der Waals surface area (Å²) >= 11 is 14.0. The number of hydrogen-bond donors (Lipinski definition) is 0. The zero-order chi connectivity index (χ0) is 31.5. The third kappa shape index (κ3) is 7.78. The van der Waals surface area contributed by atoms with Gasteiger partial charge in [-0.1, -0.05) is 27.5 Å². The molecule has 1 aromatic carbocycles. The van der Waals surface area contributed by atoms with Crippen molar-refractivity contribution in [3.8, 4) is 0 Å². The molecule has 242 valence electrons. The van der Waals surface area contributed by atoms with E-state index in [1.165, 1.54) is 16.7 Å². The van der Waals surface area contributed by atoms with Crippen molar-refractivity contribution in [2.24, 2.45) is 11.8 Å². The van der Waals surface area contributed by atoms with Gasteiger partial charge in [-0.25, -0.2) is 0 Å². The topological polar surface area (TPSA) is 73.8 Å². The van der Waals surface area contributed by atoms with Crippen molar-refractivity contribution in [2.45, 2.75) is 83.0 Å². The maximum atomic E-state index is 13.4. The minimum Gasteiger partial charge on any atom is -0.343 e. The van der Waals surface area contributed by atoms with E-state index in [2.05, 4.69) is 48.9 Å². The van der Waals surface area contributed by atoms with E-state index in [0.717, 1.165) is 110 Å². The molecule has 3 amide bonds. The number of likely N-dealkylation sites (tertiary alicyclic amines) is 3. The highest BCUT2D eigenvalue weighted by atomic mass is 79.9. The summed E-state index contributed by atoms with van der Waals surface area (Å²) in [6.07, 6.45) is 11.9. The number of aromatic nitrogens is 1. The number of aryl methyl sites for hydroxylation is 2. The van der Waals surface area contributed by atoms with Crippen molar-refractivity contribution >= 4 is 61.2 Å². The predicted octanol–water partition coefficient (Wildman–Crippen LogP) is 7.15. The Balaban J connectivity index is 1.00. The number of piperidine rings is 3. The van der Waals surface area contributed by atoms with Gasteiger partial charge < -0.3 is 14.7 Å². The van der Waals surface area contributed by atoms with Crippen LogP contribution in [0.25, 0.3) is 0 Å².